The molecule has 0 radical (unpaired) electrons. The van der Waals surface area contributed by atoms with E-state index in [0.717, 1.165) is 17.0 Å². The first kappa shape index (κ1) is 21.4. The average molecular weight is 448 g/mol. The summed E-state index contributed by atoms with van der Waals surface area (Å²) >= 11 is 13.1. The molecular weight excluding hydrogens is 429 g/mol. The Morgan fingerprint density at radius 3 is 2.62 bits per heavy atom. The number of carbonyl (C=O) groups is 1. The summed E-state index contributed by atoms with van der Waals surface area (Å²) in [6, 6.07) is 13.2. The summed E-state index contributed by atoms with van der Waals surface area (Å²) < 4.78 is 1.99. The lowest BCUT2D eigenvalue weighted by Crippen LogP contribution is -2.20. The Balaban J connectivity index is 1.59. The maximum Gasteiger partial charge on any atom is 0.250 e. The van der Waals surface area contributed by atoms with Gasteiger partial charge in [0.05, 0.1) is 22.0 Å². The third-order valence-electron chi connectivity index (χ3n) is 4.02. The number of rotatable bonds is 7. The maximum atomic E-state index is 12.1. The largest absolute Gasteiger partial charge is 0.302 e. The summed E-state index contributed by atoms with van der Waals surface area (Å²) in [5.41, 5.74) is 5.41. The molecule has 1 aromatic heterocycles. The van der Waals surface area contributed by atoms with Crippen molar-refractivity contribution in [1.29, 1.82) is 0 Å². The normalized spacial score (nSPS) is 11.2. The van der Waals surface area contributed by atoms with Crippen LogP contribution < -0.4 is 5.43 Å². The molecule has 0 bridgehead atoms. The minimum Gasteiger partial charge on any atom is -0.302 e. The van der Waals surface area contributed by atoms with Crippen LogP contribution in [-0.2, 0) is 11.3 Å². The van der Waals surface area contributed by atoms with Gasteiger partial charge in [0.1, 0.15) is 0 Å². The van der Waals surface area contributed by atoms with Gasteiger partial charge in [-0.15, -0.1) is 10.2 Å². The lowest BCUT2D eigenvalue weighted by atomic mass is 10.1. The average Bonchev–Trinajstić information content (AvgIpc) is 3.12. The van der Waals surface area contributed by atoms with Gasteiger partial charge in [0.15, 0.2) is 11.0 Å². The summed E-state index contributed by atoms with van der Waals surface area (Å²) in [4.78, 5) is 12.1. The number of amides is 1. The molecule has 0 saturated heterocycles. The monoisotopic (exact) mass is 447 g/mol. The number of aryl methyl sites for hydroxylation is 1. The Bertz CT molecular complexity index is 1030. The quantitative estimate of drug-likeness (QED) is 0.320. The molecule has 1 N–H and O–H groups in total. The highest BCUT2D eigenvalue weighted by Gasteiger charge is 2.14. The zero-order valence-corrected chi connectivity index (χ0v) is 18.2. The number of nitrogens with zero attached hydrogens (tertiary/aromatic N) is 4. The predicted octanol–water partition coefficient (Wildman–Crippen LogP) is 4.82. The van der Waals surface area contributed by atoms with E-state index in [1.54, 1.807) is 18.2 Å². The Hall–Kier alpha value is -2.35. The van der Waals surface area contributed by atoms with Gasteiger partial charge in [-0.1, -0.05) is 70.9 Å². The second-order valence-corrected chi connectivity index (χ2v) is 7.93. The van der Waals surface area contributed by atoms with E-state index < -0.39 is 0 Å². The Morgan fingerprint density at radius 1 is 1.17 bits per heavy atom. The number of hydrogen-bond donors (Lipinski definition) is 1. The zero-order valence-electron chi connectivity index (χ0n) is 15.9. The van der Waals surface area contributed by atoms with Crippen molar-refractivity contribution < 1.29 is 4.79 Å². The molecule has 0 fully saturated rings. The van der Waals surface area contributed by atoms with Crippen molar-refractivity contribution in [3.63, 3.8) is 0 Å². The van der Waals surface area contributed by atoms with E-state index in [2.05, 4.69) is 20.7 Å². The summed E-state index contributed by atoms with van der Waals surface area (Å²) in [5.74, 6) is 0.715. The van der Waals surface area contributed by atoms with Gasteiger partial charge in [0.25, 0.3) is 5.91 Å². The minimum absolute atomic E-state index is 0.171. The SMILES string of the molecule is CCn1c(SCC(=O)N/N=C/c2ccc(Cl)c(Cl)c2)nnc1-c1ccc(C)cc1. The van der Waals surface area contributed by atoms with Crippen molar-refractivity contribution in [2.45, 2.75) is 25.5 Å². The number of nitrogens with one attached hydrogen (secondary N) is 1. The fourth-order valence-corrected chi connectivity index (χ4v) is 3.63. The van der Waals surface area contributed by atoms with E-state index in [4.69, 9.17) is 23.2 Å². The van der Waals surface area contributed by atoms with Crippen LogP contribution >= 0.6 is 35.0 Å². The Morgan fingerprint density at radius 2 is 1.93 bits per heavy atom. The first-order chi connectivity index (χ1) is 14.0. The fourth-order valence-electron chi connectivity index (χ4n) is 2.53. The van der Waals surface area contributed by atoms with E-state index in [0.29, 0.717) is 21.7 Å². The summed E-state index contributed by atoms with van der Waals surface area (Å²) in [6.07, 6.45) is 1.51. The summed E-state index contributed by atoms with van der Waals surface area (Å²) in [7, 11) is 0. The number of benzene rings is 2. The highest BCUT2D eigenvalue weighted by Crippen LogP contribution is 2.24. The predicted molar refractivity (Wildman–Crippen MR) is 119 cm³/mol. The maximum absolute atomic E-state index is 12.1. The molecule has 9 heteroatoms. The molecule has 0 aliphatic rings. The van der Waals surface area contributed by atoms with Crippen LogP contribution in [0, 0.1) is 6.92 Å². The molecule has 2 aromatic carbocycles. The number of hydrazone groups is 1. The van der Waals surface area contributed by atoms with Crippen molar-refractivity contribution in [1.82, 2.24) is 20.2 Å². The molecule has 1 heterocycles. The van der Waals surface area contributed by atoms with Crippen molar-refractivity contribution in [3.8, 4) is 11.4 Å². The second-order valence-electron chi connectivity index (χ2n) is 6.17. The van der Waals surface area contributed by atoms with Gasteiger partial charge >= 0.3 is 0 Å². The van der Waals surface area contributed by atoms with Crippen molar-refractivity contribution in [2.24, 2.45) is 5.10 Å². The van der Waals surface area contributed by atoms with Crippen LogP contribution in [0.5, 0.6) is 0 Å². The minimum atomic E-state index is -0.242. The van der Waals surface area contributed by atoms with Crippen molar-refractivity contribution >= 4 is 47.1 Å². The van der Waals surface area contributed by atoms with E-state index in [-0.39, 0.29) is 11.7 Å². The summed E-state index contributed by atoms with van der Waals surface area (Å²) in [6.45, 7) is 4.76. The molecule has 0 spiro atoms. The highest BCUT2D eigenvalue weighted by molar-refractivity contribution is 7.99. The second kappa shape index (κ2) is 9.91. The van der Waals surface area contributed by atoms with Gasteiger partial charge in [-0.05, 0) is 31.5 Å². The molecule has 0 atom stereocenters. The van der Waals surface area contributed by atoms with Gasteiger partial charge < -0.3 is 4.57 Å². The van der Waals surface area contributed by atoms with Crippen LogP contribution in [0.4, 0.5) is 0 Å². The molecular formula is C20H19Cl2N5OS. The van der Waals surface area contributed by atoms with Crippen LogP contribution in [0.3, 0.4) is 0 Å². The first-order valence-corrected chi connectivity index (χ1v) is 10.6. The van der Waals surface area contributed by atoms with Gasteiger partial charge in [-0.2, -0.15) is 5.10 Å². The molecule has 0 aliphatic carbocycles. The summed E-state index contributed by atoms with van der Waals surface area (Å²) in [5, 5.41) is 14.1. The standard InChI is InChI=1S/C20H19Cl2N5OS/c1-3-27-19(15-7-4-13(2)5-8-15)25-26-20(27)29-12-18(28)24-23-11-14-6-9-16(21)17(22)10-14/h4-11H,3,12H2,1-2H3,(H,24,28)/b23-11+. The Kier molecular flexibility index (Phi) is 7.30. The van der Waals surface area contributed by atoms with Crippen LogP contribution in [0.1, 0.15) is 18.1 Å². The first-order valence-electron chi connectivity index (χ1n) is 8.88. The molecule has 0 unspecified atom stereocenters. The number of halogens is 2. The fraction of sp³-hybridized carbons (Fsp3) is 0.200. The van der Waals surface area contributed by atoms with Crippen LogP contribution in [-0.4, -0.2) is 32.6 Å². The van der Waals surface area contributed by atoms with Crippen molar-refractivity contribution in [2.75, 3.05) is 5.75 Å². The molecule has 1 amide bonds. The van der Waals surface area contributed by atoms with E-state index in [9.17, 15) is 4.79 Å². The van der Waals surface area contributed by atoms with E-state index in [1.807, 2.05) is 42.7 Å². The Labute approximate surface area is 183 Å². The number of thioether (sulfide) groups is 1. The molecule has 3 aromatic rings. The lowest BCUT2D eigenvalue weighted by Gasteiger charge is -2.07. The van der Waals surface area contributed by atoms with Crippen LogP contribution in [0.25, 0.3) is 11.4 Å². The lowest BCUT2D eigenvalue weighted by molar-refractivity contribution is -0.118. The third-order valence-corrected chi connectivity index (χ3v) is 5.73. The molecule has 6 nitrogen and oxygen atoms in total. The zero-order chi connectivity index (χ0) is 20.8. The smallest absolute Gasteiger partial charge is 0.250 e. The van der Waals surface area contributed by atoms with E-state index >= 15 is 0 Å². The molecule has 0 aliphatic heterocycles. The van der Waals surface area contributed by atoms with Gasteiger partial charge in [0.2, 0.25) is 0 Å². The third kappa shape index (κ3) is 5.59. The number of carbonyl (C=O) groups excluding carboxylic acids is 1. The molecule has 0 saturated carbocycles. The van der Waals surface area contributed by atoms with E-state index in [1.165, 1.54) is 23.5 Å². The van der Waals surface area contributed by atoms with Crippen molar-refractivity contribution in [3.05, 3.63) is 63.6 Å². The molecule has 29 heavy (non-hydrogen) atoms. The van der Waals surface area contributed by atoms with Gasteiger partial charge in [-0.25, -0.2) is 5.43 Å². The molecule has 3 rings (SSSR count). The van der Waals surface area contributed by atoms with Gasteiger partial charge in [0, 0.05) is 12.1 Å². The van der Waals surface area contributed by atoms with Crippen LogP contribution in [0.15, 0.2) is 52.7 Å². The molecule has 150 valence electrons. The topological polar surface area (TPSA) is 72.2 Å². The highest BCUT2D eigenvalue weighted by atomic mass is 35.5. The number of aromatic nitrogens is 3. The van der Waals surface area contributed by atoms with Crippen LogP contribution in [0.2, 0.25) is 10.0 Å². The van der Waals surface area contributed by atoms with Gasteiger partial charge in [-0.3, -0.25) is 4.79 Å². The number of hydrogen-bond acceptors (Lipinski definition) is 5.